The number of rotatable bonds is 6. The van der Waals surface area contributed by atoms with E-state index in [-0.39, 0.29) is 18.0 Å². The van der Waals surface area contributed by atoms with Gasteiger partial charge in [0.25, 0.3) is 5.56 Å². The number of nitrogens with zero attached hydrogens (tertiary/aromatic N) is 3. The van der Waals surface area contributed by atoms with Gasteiger partial charge in [0.2, 0.25) is 5.91 Å². The monoisotopic (exact) mass is 415 g/mol. The van der Waals surface area contributed by atoms with Gasteiger partial charge < -0.3 is 4.90 Å². The fourth-order valence-electron chi connectivity index (χ4n) is 3.52. The van der Waals surface area contributed by atoms with Gasteiger partial charge in [-0.05, 0) is 24.6 Å². The smallest absolute Gasteiger partial charge is 0.263 e. The normalized spacial score (nSPS) is 10.8. The van der Waals surface area contributed by atoms with E-state index in [2.05, 4.69) is 11.6 Å². The molecule has 5 nitrogen and oxygen atoms in total. The summed E-state index contributed by atoms with van der Waals surface area (Å²) in [5.41, 5.74) is 2.42. The molecule has 0 unspecified atom stereocenters. The molecule has 2 aromatic heterocycles. The Kier molecular flexibility index (Phi) is 5.59. The number of thiophene rings is 1. The van der Waals surface area contributed by atoms with E-state index >= 15 is 0 Å². The molecule has 150 valence electrons. The van der Waals surface area contributed by atoms with Crippen LogP contribution >= 0.6 is 11.3 Å². The first-order chi connectivity index (χ1) is 14.6. The molecule has 0 fully saturated rings. The van der Waals surface area contributed by atoms with Gasteiger partial charge in [-0.3, -0.25) is 14.2 Å². The third-order valence-corrected chi connectivity index (χ3v) is 5.92. The van der Waals surface area contributed by atoms with Crippen molar-refractivity contribution in [3.05, 3.63) is 94.9 Å². The molecule has 4 aromatic rings. The van der Waals surface area contributed by atoms with Crippen molar-refractivity contribution in [3.8, 4) is 11.1 Å². The lowest BCUT2D eigenvalue weighted by Gasteiger charge is -2.21. The average Bonchev–Trinajstić information content (AvgIpc) is 3.12. The van der Waals surface area contributed by atoms with Crippen molar-refractivity contribution in [3.63, 3.8) is 0 Å². The number of carbonyl (C=O) groups excluding carboxylic acids is 1. The third-order valence-electron chi connectivity index (χ3n) is 4.90. The summed E-state index contributed by atoms with van der Waals surface area (Å²) in [5.74, 6) is -0.197. The number of benzene rings is 2. The fourth-order valence-corrected chi connectivity index (χ4v) is 4.53. The topological polar surface area (TPSA) is 55.2 Å². The Morgan fingerprint density at radius 1 is 1.13 bits per heavy atom. The molecule has 0 aliphatic heterocycles. The van der Waals surface area contributed by atoms with E-state index in [1.54, 1.807) is 11.0 Å². The van der Waals surface area contributed by atoms with Crippen LogP contribution in [0.15, 0.2) is 84.4 Å². The van der Waals surface area contributed by atoms with Crippen LogP contribution in [0.25, 0.3) is 21.3 Å². The second-order valence-electron chi connectivity index (χ2n) is 6.89. The molecule has 1 amide bonds. The highest BCUT2D eigenvalue weighted by molar-refractivity contribution is 7.19. The van der Waals surface area contributed by atoms with Gasteiger partial charge in [0.05, 0.1) is 11.7 Å². The Labute approximate surface area is 178 Å². The van der Waals surface area contributed by atoms with Crippen LogP contribution in [0, 0.1) is 6.92 Å². The second-order valence-corrected chi connectivity index (χ2v) is 8.09. The molecule has 0 saturated heterocycles. The summed E-state index contributed by atoms with van der Waals surface area (Å²) in [6, 6.07) is 19.2. The third kappa shape index (κ3) is 3.69. The molecule has 0 atom stereocenters. The number of para-hydroxylation sites is 1. The van der Waals surface area contributed by atoms with Crippen LogP contribution in [0.3, 0.4) is 0 Å². The molecule has 6 heteroatoms. The number of hydrogen-bond donors (Lipinski definition) is 0. The van der Waals surface area contributed by atoms with E-state index in [0.29, 0.717) is 16.8 Å². The minimum Gasteiger partial charge on any atom is -0.307 e. The zero-order valence-corrected chi connectivity index (χ0v) is 17.4. The second kappa shape index (κ2) is 8.47. The molecule has 2 heterocycles. The first-order valence-corrected chi connectivity index (χ1v) is 10.4. The Hall–Kier alpha value is -3.51. The number of fused-ring (bicyclic) bond motifs is 1. The van der Waals surface area contributed by atoms with E-state index in [4.69, 9.17) is 0 Å². The molecule has 0 aliphatic rings. The first-order valence-electron chi connectivity index (χ1n) is 9.60. The zero-order valence-electron chi connectivity index (χ0n) is 16.6. The van der Waals surface area contributed by atoms with E-state index < -0.39 is 0 Å². The molecular formula is C24H21N3O2S. The molecule has 30 heavy (non-hydrogen) atoms. The fraction of sp³-hybridized carbons (Fsp3) is 0.125. The SMILES string of the molecule is C=CCN(C(=O)Cn1cnc2sc(C)c(-c3ccccc3)c2c1=O)c1ccccc1. The molecule has 0 saturated carbocycles. The standard InChI is InChI=1S/C24H21N3O2S/c1-3-14-27(19-12-8-5-9-13-19)20(28)15-26-16-25-23-22(24(26)29)21(17(2)30-23)18-10-6-4-7-11-18/h3-13,16H,1,14-15H2,2H3. The highest BCUT2D eigenvalue weighted by atomic mass is 32.1. The van der Waals surface area contributed by atoms with Crippen molar-refractivity contribution in [1.82, 2.24) is 9.55 Å². The van der Waals surface area contributed by atoms with Crippen LogP contribution in [0.2, 0.25) is 0 Å². The highest BCUT2D eigenvalue weighted by Gasteiger charge is 2.20. The van der Waals surface area contributed by atoms with Crippen molar-refractivity contribution in [1.29, 1.82) is 0 Å². The molecule has 4 rings (SSSR count). The number of hydrogen-bond acceptors (Lipinski definition) is 4. The summed E-state index contributed by atoms with van der Waals surface area (Å²) < 4.78 is 1.39. The van der Waals surface area contributed by atoms with Crippen molar-refractivity contribution in [2.45, 2.75) is 13.5 Å². The Morgan fingerprint density at radius 3 is 2.47 bits per heavy atom. The van der Waals surface area contributed by atoms with Crippen molar-refractivity contribution in [2.24, 2.45) is 0 Å². The molecule has 0 radical (unpaired) electrons. The maximum absolute atomic E-state index is 13.3. The van der Waals surface area contributed by atoms with Gasteiger partial charge in [-0.15, -0.1) is 17.9 Å². The van der Waals surface area contributed by atoms with E-state index in [1.807, 2.05) is 67.6 Å². The van der Waals surface area contributed by atoms with Gasteiger partial charge >= 0.3 is 0 Å². The molecule has 0 bridgehead atoms. The van der Waals surface area contributed by atoms with Gasteiger partial charge in [-0.1, -0.05) is 54.6 Å². The molecule has 0 spiro atoms. The van der Waals surface area contributed by atoms with E-state index in [9.17, 15) is 9.59 Å². The molecule has 0 N–H and O–H groups in total. The zero-order chi connectivity index (χ0) is 21.1. The summed E-state index contributed by atoms with van der Waals surface area (Å²) in [5, 5.41) is 0.564. The van der Waals surface area contributed by atoms with Crippen LogP contribution < -0.4 is 10.5 Å². The lowest BCUT2D eigenvalue weighted by atomic mass is 10.0. The maximum Gasteiger partial charge on any atom is 0.263 e. The number of aryl methyl sites for hydroxylation is 1. The number of amides is 1. The number of anilines is 1. The largest absolute Gasteiger partial charge is 0.307 e. The first kappa shape index (κ1) is 19.8. The van der Waals surface area contributed by atoms with Gasteiger partial charge in [0.15, 0.2) is 0 Å². The summed E-state index contributed by atoms with van der Waals surface area (Å²) in [6.07, 6.45) is 3.13. The lowest BCUT2D eigenvalue weighted by Crippen LogP contribution is -2.36. The Balaban J connectivity index is 1.75. The Bertz CT molecular complexity index is 1260. The minimum absolute atomic E-state index is 0.0897. The van der Waals surface area contributed by atoms with Gasteiger partial charge in [0.1, 0.15) is 11.4 Å². The van der Waals surface area contributed by atoms with Crippen LogP contribution in [0.4, 0.5) is 5.69 Å². The van der Waals surface area contributed by atoms with E-state index in [0.717, 1.165) is 21.7 Å². The van der Waals surface area contributed by atoms with E-state index in [1.165, 1.54) is 22.2 Å². The summed E-state index contributed by atoms with van der Waals surface area (Å²) in [7, 11) is 0. The number of aromatic nitrogens is 2. The van der Waals surface area contributed by atoms with Crippen molar-refractivity contribution >= 4 is 33.1 Å². The van der Waals surface area contributed by atoms with Crippen LogP contribution in [-0.2, 0) is 11.3 Å². The summed E-state index contributed by atoms with van der Waals surface area (Å²) in [4.78, 5) is 34.2. The molecular weight excluding hydrogens is 394 g/mol. The van der Waals surface area contributed by atoms with Crippen molar-refractivity contribution < 1.29 is 4.79 Å². The lowest BCUT2D eigenvalue weighted by molar-refractivity contribution is -0.119. The van der Waals surface area contributed by atoms with Crippen molar-refractivity contribution in [2.75, 3.05) is 11.4 Å². The predicted octanol–water partition coefficient (Wildman–Crippen LogP) is 4.65. The molecule has 0 aliphatic carbocycles. The highest BCUT2D eigenvalue weighted by Crippen LogP contribution is 2.35. The minimum atomic E-state index is -0.205. The van der Waals surface area contributed by atoms with Crippen LogP contribution in [-0.4, -0.2) is 22.0 Å². The summed E-state index contributed by atoms with van der Waals surface area (Å²) >= 11 is 1.49. The maximum atomic E-state index is 13.3. The van der Waals surface area contributed by atoms with Gasteiger partial charge in [0, 0.05) is 22.7 Å². The molecule has 2 aromatic carbocycles. The van der Waals surface area contributed by atoms with Crippen LogP contribution in [0.1, 0.15) is 4.88 Å². The quantitative estimate of drug-likeness (QED) is 0.431. The van der Waals surface area contributed by atoms with Gasteiger partial charge in [-0.25, -0.2) is 4.98 Å². The average molecular weight is 416 g/mol. The number of carbonyl (C=O) groups is 1. The summed E-state index contributed by atoms with van der Waals surface area (Å²) in [6.45, 7) is 6.01. The van der Waals surface area contributed by atoms with Crippen LogP contribution in [0.5, 0.6) is 0 Å². The van der Waals surface area contributed by atoms with Gasteiger partial charge in [-0.2, -0.15) is 0 Å². The predicted molar refractivity (Wildman–Crippen MR) is 123 cm³/mol. The Morgan fingerprint density at radius 2 is 1.80 bits per heavy atom.